The molecular formula is C28H37N7O12S2. The van der Waals surface area contributed by atoms with Crippen LogP contribution < -0.4 is 19.3 Å². The quantitative estimate of drug-likeness (QED) is 0.0727. The van der Waals surface area contributed by atoms with Crippen LogP contribution in [0.1, 0.15) is 19.8 Å². The molecule has 1 aromatic heterocycles. The Morgan fingerprint density at radius 1 is 1.08 bits per heavy atom. The number of carboxylic acids is 1. The van der Waals surface area contributed by atoms with E-state index in [0.29, 0.717) is 5.69 Å². The van der Waals surface area contributed by atoms with E-state index < -0.39 is 81.5 Å². The number of benzene rings is 2. The first kappa shape index (κ1) is 37.9. The van der Waals surface area contributed by atoms with Crippen LogP contribution in [0.3, 0.4) is 0 Å². The number of nitrogens with zero attached hydrogens (tertiary/aromatic N) is 3. The van der Waals surface area contributed by atoms with Crippen molar-refractivity contribution in [3.05, 3.63) is 60.8 Å². The minimum atomic E-state index is -4.82. The molecule has 21 heteroatoms. The van der Waals surface area contributed by atoms with Crippen molar-refractivity contribution in [3.8, 4) is 22.4 Å². The second kappa shape index (κ2) is 15.8. The molecule has 4 rings (SSSR count). The van der Waals surface area contributed by atoms with Crippen LogP contribution in [0.4, 0.5) is 0 Å². The van der Waals surface area contributed by atoms with Crippen molar-refractivity contribution in [1.29, 1.82) is 0 Å². The van der Waals surface area contributed by atoms with E-state index in [4.69, 9.17) is 9.47 Å². The molecule has 0 radical (unpaired) electrons. The fourth-order valence-corrected chi connectivity index (χ4v) is 6.98. The maximum Gasteiger partial charge on any atom is 0.364 e. The number of aliphatic hydroxyl groups excluding tert-OH is 3. The predicted molar refractivity (Wildman–Crippen MR) is 170 cm³/mol. The van der Waals surface area contributed by atoms with Crippen molar-refractivity contribution in [2.24, 2.45) is 5.14 Å². The van der Waals surface area contributed by atoms with Gasteiger partial charge in [-0.25, -0.2) is 9.93 Å². The first-order valence-electron chi connectivity index (χ1n) is 14.7. The zero-order valence-electron chi connectivity index (χ0n) is 26.0. The average Bonchev–Trinajstić information content (AvgIpc) is 3.51. The predicted octanol–water partition coefficient (Wildman–Crippen LogP) is -2.20. The molecule has 2 heterocycles. The number of ether oxygens (including phenoxy) is 2. The third-order valence-corrected chi connectivity index (χ3v) is 9.75. The van der Waals surface area contributed by atoms with Crippen molar-refractivity contribution < 1.29 is 56.3 Å². The molecule has 1 aliphatic heterocycles. The van der Waals surface area contributed by atoms with Crippen LogP contribution >= 0.6 is 0 Å². The standard InChI is InChI=1S/C28H37N7O12S2/c1-17(36)31-24-22(37)14-28(27(40)41,47-26(24)25(39)23(38)15-30-49(44,45)34-48(29,42)43)46-13-5-12-35-16-21(32-33-35)20-10-8-19(9-11-20)18-6-3-2-4-7-18/h2-4,6-11,16,22-26,30,34,37-39H,5,12-15H2,1H3,(H,31,36)(H,40,41)(H2,29,42,43)/t22-,23+,24+,25+,26+,28+/m0/s1. The molecule has 1 aliphatic rings. The second-order valence-electron chi connectivity index (χ2n) is 11.2. The van der Waals surface area contributed by atoms with Gasteiger partial charge in [0.1, 0.15) is 17.9 Å². The van der Waals surface area contributed by atoms with Crippen LogP contribution in [0, 0.1) is 0 Å². The van der Waals surface area contributed by atoms with Gasteiger partial charge in [-0.15, -0.1) is 5.10 Å². The molecule has 9 N–H and O–H groups in total. The molecule has 2 aromatic carbocycles. The summed E-state index contributed by atoms with van der Waals surface area (Å²) < 4.78 is 61.4. The number of rotatable bonds is 16. The Morgan fingerprint density at radius 3 is 2.33 bits per heavy atom. The van der Waals surface area contributed by atoms with Gasteiger partial charge in [-0.05, 0) is 17.5 Å². The van der Waals surface area contributed by atoms with Crippen molar-refractivity contribution in [2.45, 2.75) is 62.6 Å². The van der Waals surface area contributed by atoms with Gasteiger partial charge >= 0.3 is 5.97 Å². The van der Waals surface area contributed by atoms with Crippen molar-refractivity contribution >= 4 is 32.3 Å². The molecular weight excluding hydrogens is 690 g/mol. The van der Waals surface area contributed by atoms with Crippen molar-refractivity contribution in [1.82, 2.24) is 29.2 Å². The molecule has 19 nitrogen and oxygen atoms in total. The summed E-state index contributed by atoms with van der Waals surface area (Å²) in [5.41, 5.74) is 3.52. The molecule has 0 aliphatic carbocycles. The minimum absolute atomic E-state index is 0.189. The number of carbonyl (C=O) groups excluding carboxylic acids is 1. The van der Waals surface area contributed by atoms with Crippen LogP contribution in [0.15, 0.2) is 60.8 Å². The molecule has 3 aromatic rings. The van der Waals surface area contributed by atoms with Gasteiger partial charge in [-0.2, -0.15) is 21.6 Å². The van der Waals surface area contributed by atoms with Gasteiger partial charge in [-0.3, -0.25) is 9.48 Å². The van der Waals surface area contributed by atoms with Gasteiger partial charge in [-0.1, -0.05) is 63.9 Å². The van der Waals surface area contributed by atoms with Gasteiger partial charge < -0.3 is 35.2 Å². The van der Waals surface area contributed by atoms with Gasteiger partial charge in [0.2, 0.25) is 5.91 Å². The Bertz CT molecular complexity index is 1810. The number of aliphatic hydroxyl groups is 3. The Hall–Kier alpha value is -3.90. The van der Waals surface area contributed by atoms with E-state index in [1.54, 1.807) is 10.9 Å². The van der Waals surface area contributed by atoms with Gasteiger partial charge in [0.15, 0.2) is 0 Å². The molecule has 6 atom stereocenters. The number of aryl methyl sites for hydroxylation is 1. The molecule has 0 spiro atoms. The zero-order chi connectivity index (χ0) is 36.0. The molecule has 0 saturated carbocycles. The van der Waals surface area contributed by atoms with E-state index in [1.165, 1.54) is 4.68 Å². The normalized spacial score (nSPS) is 22.7. The van der Waals surface area contributed by atoms with Gasteiger partial charge in [0.25, 0.3) is 26.2 Å². The summed E-state index contributed by atoms with van der Waals surface area (Å²) in [7, 11) is -9.53. The van der Waals surface area contributed by atoms with Crippen LogP contribution in [-0.4, -0.2) is 114 Å². The highest BCUT2D eigenvalue weighted by molar-refractivity contribution is 8.02. The SMILES string of the molecule is CC(=O)N[C@H]1[C@H]([C@H](O)[C@H](O)CNS(=O)(=O)NS(N)(=O)=O)O[C@@](OCCCn2cc(-c3ccc(-c4ccccc4)cc3)nn2)(C(=O)O)C[C@@H]1O. The van der Waals surface area contributed by atoms with Crippen LogP contribution in [0.5, 0.6) is 0 Å². The Kier molecular flexibility index (Phi) is 12.2. The molecule has 268 valence electrons. The smallest absolute Gasteiger partial charge is 0.364 e. The highest BCUT2D eigenvalue weighted by atomic mass is 32.3. The minimum Gasteiger partial charge on any atom is -0.477 e. The number of aromatic nitrogens is 3. The van der Waals surface area contributed by atoms with Crippen molar-refractivity contribution in [3.63, 3.8) is 0 Å². The molecule has 49 heavy (non-hydrogen) atoms. The number of carboxylic acid groups (broad SMARTS) is 1. The number of nitrogens with one attached hydrogen (secondary N) is 3. The monoisotopic (exact) mass is 727 g/mol. The summed E-state index contributed by atoms with van der Waals surface area (Å²) in [6.07, 6.45) is -6.59. The average molecular weight is 728 g/mol. The summed E-state index contributed by atoms with van der Waals surface area (Å²) in [6.45, 7) is 0.0335. The largest absolute Gasteiger partial charge is 0.477 e. The molecule has 0 bridgehead atoms. The maximum atomic E-state index is 12.4. The molecule has 1 amide bonds. The summed E-state index contributed by atoms with van der Waals surface area (Å²) in [5.74, 6) is -4.97. The van der Waals surface area contributed by atoms with E-state index in [0.717, 1.165) is 27.7 Å². The Balaban J connectivity index is 1.40. The third kappa shape index (κ3) is 10.3. The number of hydrogen-bond acceptors (Lipinski definition) is 13. The summed E-state index contributed by atoms with van der Waals surface area (Å²) in [4.78, 5) is 24.3. The van der Waals surface area contributed by atoms with E-state index in [9.17, 15) is 46.9 Å². The summed E-state index contributed by atoms with van der Waals surface area (Å²) >= 11 is 0. The highest BCUT2D eigenvalue weighted by Crippen LogP contribution is 2.34. The Morgan fingerprint density at radius 2 is 1.71 bits per heavy atom. The second-order valence-corrected chi connectivity index (χ2v) is 14.2. The number of carbonyl (C=O) groups is 2. The lowest BCUT2D eigenvalue weighted by atomic mass is 9.88. The third-order valence-electron chi connectivity index (χ3n) is 7.40. The molecule has 0 unspecified atom stereocenters. The summed E-state index contributed by atoms with van der Waals surface area (Å²) in [5, 5.41) is 57.6. The number of amides is 1. The summed E-state index contributed by atoms with van der Waals surface area (Å²) in [6, 6.07) is 16.1. The van der Waals surface area contributed by atoms with Crippen LogP contribution in [0.2, 0.25) is 0 Å². The van der Waals surface area contributed by atoms with Crippen molar-refractivity contribution in [2.75, 3.05) is 13.2 Å². The fourth-order valence-electron chi connectivity index (χ4n) is 5.13. The van der Waals surface area contributed by atoms with Gasteiger partial charge in [0.05, 0.1) is 31.1 Å². The van der Waals surface area contributed by atoms with E-state index in [-0.39, 0.29) is 19.6 Å². The molecule has 1 saturated heterocycles. The Labute approximate surface area is 281 Å². The number of hydrogen-bond donors (Lipinski definition) is 8. The number of aliphatic carboxylic acids is 1. The first-order valence-corrected chi connectivity index (χ1v) is 17.7. The first-order chi connectivity index (χ1) is 23.0. The topological polar surface area (TPSA) is 295 Å². The lowest BCUT2D eigenvalue weighted by Gasteiger charge is -2.46. The lowest BCUT2D eigenvalue weighted by molar-refractivity contribution is -0.310. The van der Waals surface area contributed by atoms with E-state index in [1.807, 2.05) is 54.6 Å². The fraction of sp³-hybridized carbons (Fsp3) is 0.429. The highest BCUT2D eigenvalue weighted by Gasteiger charge is 2.55. The van der Waals surface area contributed by atoms with Crippen LogP contribution in [-0.2, 0) is 46.0 Å². The number of nitrogens with two attached hydrogens (primary N) is 1. The lowest BCUT2D eigenvalue weighted by Crippen LogP contribution is -2.68. The van der Waals surface area contributed by atoms with Gasteiger partial charge in [0, 0.05) is 32.0 Å². The molecule has 1 fully saturated rings. The van der Waals surface area contributed by atoms with Crippen LogP contribution in [0.25, 0.3) is 22.4 Å². The maximum absolute atomic E-state index is 12.4. The van der Waals surface area contributed by atoms with E-state index >= 15 is 0 Å². The zero-order valence-corrected chi connectivity index (χ0v) is 27.6. The van der Waals surface area contributed by atoms with E-state index in [2.05, 4.69) is 20.8 Å².